The summed E-state index contributed by atoms with van der Waals surface area (Å²) in [5.74, 6) is -1.85. The van der Waals surface area contributed by atoms with Gasteiger partial charge in [0.2, 0.25) is 5.82 Å². The van der Waals surface area contributed by atoms with Gasteiger partial charge in [-0.2, -0.15) is 4.39 Å². The Morgan fingerprint density at radius 2 is 2.18 bits per heavy atom. The summed E-state index contributed by atoms with van der Waals surface area (Å²) in [6.45, 7) is 0. The van der Waals surface area contributed by atoms with E-state index >= 15 is 0 Å². The van der Waals surface area contributed by atoms with Gasteiger partial charge in [0.15, 0.2) is 5.72 Å². The number of hydrogen-bond donors (Lipinski definition) is 1. The Bertz CT molecular complexity index is 1050. The molecule has 3 atom stereocenters. The number of esters is 1. The van der Waals surface area contributed by atoms with Gasteiger partial charge in [-0.3, -0.25) is 14.3 Å². The van der Waals surface area contributed by atoms with Crippen LogP contribution in [0.2, 0.25) is 0 Å². The van der Waals surface area contributed by atoms with Crippen molar-refractivity contribution in [3.05, 3.63) is 79.2 Å². The van der Waals surface area contributed by atoms with Gasteiger partial charge in [0, 0.05) is 15.8 Å². The average molecular weight is 501 g/mol. The number of H-pyrrole nitrogens is 1. The molecule has 0 spiro atoms. The minimum atomic E-state index is -1.60. The number of aromatic nitrogens is 2. The van der Waals surface area contributed by atoms with Gasteiger partial charge in [-0.05, 0) is 17.7 Å². The maximum Gasteiger partial charge on any atom is 0.338 e. The zero-order valence-electron chi connectivity index (χ0n) is 14.1. The second kappa shape index (κ2) is 8.12. The second-order valence-corrected chi connectivity index (χ2v) is 6.64. The molecule has 2 aromatic rings. The van der Waals surface area contributed by atoms with Crippen LogP contribution in [0, 0.1) is 5.82 Å². The molecule has 0 bridgehead atoms. The summed E-state index contributed by atoms with van der Waals surface area (Å²) in [6, 6.07) is 8.16. The molecule has 1 N–H and O–H groups in total. The monoisotopic (exact) mass is 501 g/mol. The normalized spacial score (nSPS) is 23.8. The fourth-order valence-corrected chi connectivity index (χ4v) is 3.62. The van der Waals surface area contributed by atoms with Gasteiger partial charge in [-0.25, -0.2) is 9.59 Å². The number of hydrogen-bond acceptors (Lipinski definition) is 6. The standard InChI is InChI=1S/C16H13FIN5O5/c17-10-7-23(15(26)20-13(10)24)12-6-11(16(8-18,28-12)21-22-19)27-14(25)9-4-2-1-3-5-9/h1-5,7,11-12H,6,8H2,(H,20,24,26)/t11-,12+,16+/m0/s1. The Labute approximate surface area is 170 Å². The van der Waals surface area contributed by atoms with E-state index in [9.17, 15) is 18.8 Å². The first-order valence-electron chi connectivity index (χ1n) is 7.97. The molecule has 1 saturated heterocycles. The van der Waals surface area contributed by atoms with Crippen molar-refractivity contribution in [1.29, 1.82) is 0 Å². The van der Waals surface area contributed by atoms with Crippen LogP contribution in [-0.2, 0) is 9.47 Å². The predicted octanol–water partition coefficient (Wildman–Crippen LogP) is 2.26. The molecular weight excluding hydrogens is 488 g/mol. The van der Waals surface area contributed by atoms with Crippen molar-refractivity contribution in [3.8, 4) is 0 Å². The fourth-order valence-electron chi connectivity index (χ4n) is 2.79. The van der Waals surface area contributed by atoms with E-state index in [1.54, 1.807) is 30.3 Å². The number of azide groups is 1. The lowest BCUT2D eigenvalue weighted by molar-refractivity contribution is -0.0867. The Hall–Kier alpha value is -2.70. The molecule has 1 aliphatic rings. The number of nitrogens with one attached hydrogen (secondary N) is 1. The topological polar surface area (TPSA) is 139 Å². The molecule has 12 heteroatoms. The maximum atomic E-state index is 13.6. The molecule has 0 amide bonds. The van der Waals surface area contributed by atoms with E-state index in [2.05, 4.69) is 10.0 Å². The maximum absolute atomic E-state index is 13.6. The van der Waals surface area contributed by atoms with Crippen LogP contribution in [0.15, 0.2) is 51.2 Å². The third kappa shape index (κ3) is 3.79. The SMILES string of the molecule is [N-]=[N+]=N[C@]1(CI)O[C@@H](n2cc(F)c(=O)[nH]c2=O)C[C@@H]1OC(=O)c1ccccc1. The van der Waals surface area contributed by atoms with Crippen LogP contribution in [0.3, 0.4) is 0 Å². The van der Waals surface area contributed by atoms with Crippen LogP contribution in [0.4, 0.5) is 4.39 Å². The van der Waals surface area contributed by atoms with E-state index in [-0.39, 0.29) is 16.4 Å². The van der Waals surface area contributed by atoms with Crippen molar-refractivity contribution in [2.45, 2.75) is 24.5 Å². The molecule has 0 unspecified atom stereocenters. The summed E-state index contributed by atoms with van der Waals surface area (Å²) < 4.78 is 25.8. The summed E-state index contributed by atoms with van der Waals surface area (Å²) in [5, 5.41) is 3.64. The fraction of sp³-hybridized carbons (Fsp3) is 0.312. The third-order valence-electron chi connectivity index (χ3n) is 4.16. The molecule has 1 aromatic carbocycles. The number of ether oxygens (including phenoxy) is 2. The molecule has 146 valence electrons. The molecule has 0 saturated carbocycles. The van der Waals surface area contributed by atoms with Crippen LogP contribution >= 0.6 is 22.6 Å². The molecular formula is C16H13FIN5O5. The summed E-state index contributed by atoms with van der Waals surface area (Å²) in [7, 11) is 0. The van der Waals surface area contributed by atoms with Crippen LogP contribution in [0.1, 0.15) is 23.0 Å². The van der Waals surface area contributed by atoms with Gasteiger partial charge in [-0.15, -0.1) is 0 Å². The summed E-state index contributed by atoms with van der Waals surface area (Å²) >= 11 is 1.89. The van der Waals surface area contributed by atoms with Gasteiger partial charge < -0.3 is 9.47 Å². The van der Waals surface area contributed by atoms with Crippen LogP contribution in [-0.4, -0.2) is 31.8 Å². The predicted molar refractivity (Wildman–Crippen MR) is 102 cm³/mol. The largest absolute Gasteiger partial charge is 0.455 e. The Kier molecular flexibility index (Phi) is 5.82. The van der Waals surface area contributed by atoms with E-state index in [1.165, 1.54) is 0 Å². The number of carbonyl (C=O) groups is 1. The molecule has 1 fully saturated rings. The average Bonchev–Trinajstić information content (AvgIpc) is 3.04. The smallest absolute Gasteiger partial charge is 0.338 e. The highest BCUT2D eigenvalue weighted by molar-refractivity contribution is 14.1. The van der Waals surface area contributed by atoms with E-state index < -0.39 is 41.1 Å². The van der Waals surface area contributed by atoms with Crippen molar-refractivity contribution in [1.82, 2.24) is 9.55 Å². The zero-order valence-corrected chi connectivity index (χ0v) is 16.3. The number of aromatic amines is 1. The minimum Gasteiger partial charge on any atom is -0.455 e. The lowest BCUT2D eigenvalue weighted by Crippen LogP contribution is -2.41. The first-order valence-corrected chi connectivity index (χ1v) is 9.50. The number of alkyl halides is 1. The summed E-state index contributed by atoms with van der Waals surface area (Å²) in [6.07, 6.45) is -1.56. The van der Waals surface area contributed by atoms with E-state index in [0.29, 0.717) is 6.20 Å². The quantitative estimate of drug-likeness (QED) is 0.167. The van der Waals surface area contributed by atoms with Crippen LogP contribution in [0.5, 0.6) is 0 Å². The second-order valence-electron chi connectivity index (χ2n) is 5.88. The van der Waals surface area contributed by atoms with Crippen molar-refractivity contribution >= 4 is 28.6 Å². The van der Waals surface area contributed by atoms with Crippen molar-refractivity contribution in [2.75, 3.05) is 4.43 Å². The highest BCUT2D eigenvalue weighted by Gasteiger charge is 2.51. The molecule has 1 aliphatic heterocycles. The Balaban J connectivity index is 1.95. The van der Waals surface area contributed by atoms with Crippen LogP contribution < -0.4 is 11.2 Å². The Morgan fingerprint density at radius 1 is 1.46 bits per heavy atom. The van der Waals surface area contributed by atoms with Gasteiger partial charge >= 0.3 is 11.7 Å². The van der Waals surface area contributed by atoms with Crippen molar-refractivity contribution in [2.24, 2.45) is 5.11 Å². The first-order chi connectivity index (χ1) is 13.4. The molecule has 2 heterocycles. The lowest BCUT2D eigenvalue weighted by Gasteiger charge is -2.27. The third-order valence-corrected chi connectivity index (χ3v) is 5.25. The molecule has 10 nitrogen and oxygen atoms in total. The lowest BCUT2D eigenvalue weighted by atomic mass is 10.1. The van der Waals surface area contributed by atoms with E-state index in [1.807, 2.05) is 27.6 Å². The Morgan fingerprint density at radius 3 is 2.82 bits per heavy atom. The number of rotatable bonds is 5. The van der Waals surface area contributed by atoms with Gasteiger partial charge in [0.05, 0.1) is 11.8 Å². The van der Waals surface area contributed by atoms with Crippen LogP contribution in [0.25, 0.3) is 10.4 Å². The van der Waals surface area contributed by atoms with Crippen molar-refractivity contribution in [3.63, 3.8) is 0 Å². The van der Waals surface area contributed by atoms with Gasteiger partial charge in [0.25, 0.3) is 5.56 Å². The number of halogens is 2. The minimum absolute atomic E-state index is 0.0913. The number of nitrogens with zero attached hydrogens (tertiary/aromatic N) is 4. The molecule has 28 heavy (non-hydrogen) atoms. The highest BCUT2D eigenvalue weighted by atomic mass is 127. The highest BCUT2D eigenvalue weighted by Crippen LogP contribution is 2.41. The molecule has 3 rings (SSSR count). The van der Waals surface area contributed by atoms with Gasteiger partial charge in [0.1, 0.15) is 12.3 Å². The number of carbonyl (C=O) groups excluding carboxylic acids is 1. The molecule has 1 aromatic heterocycles. The summed E-state index contributed by atoms with van der Waals surface area (Å²) in [5.41, 5.74) is 5.55. The molecule has 0 aliphatic carbocycles. The van der Waals surface area contributed by atoms with E-state index in [4.69, 9.17) is 15.0 Å². The van der Waals surface area contributed by atoms with Crippen molar-refractivity contribution < 1.29 is 18.7 Å². The van der Waals surface area contributed by atoms with E-state index in [0.717, 1.165) is 4.57 Å². The number of benzene rings is 1. The van der Waals surface area contributed by atoms with Gasteiger partial charge in [-0.1, -0.05) is 45.9 Å². The molecule has 0 radical (unpaired) electrons. The summed E-state index contributed by atoms with van der Waals surface area (Å²) in [4.78, 5) is 40.3. The first kappa shape index (κ1) is 20.0. The zero-order chi connectivity index (χ0) is 20.3.